The van der Waals surface area contributed by atoms with Gasteiger partial charge in [-0.1, -0.05) is 35.8 Å². The van der Waals surface area contributed by atoms with Crippen molar-refractivity contribution < 1.29 is 0 Å². The van der Waals surface area contributed by atoms with Crippen LogP contribution in [0.15, 0.2) is 22.7 Å². The van der Waals surface area contributed by atoms with Crippen LogP contribution in [-0.4, -0.2) is 19.6 Å². The second-order valence-electron chi connectivity index (χ2n) is 5.96. The van der Waals surface area contributed by atoms with Crippen LogP contribution in [0.1, 0.15) is 32.3 Å². The molecule has 3 heteroatoms. The van der Waals surface area contributed by atoms with Crippen LogP contribution in [0, 0.1) is 5.41 Å². The first-order chi connectivity index (χ1) is 8.52. The van der Waals surface area contributed by atoms with Crippen LogP contribution in [0.3, 0.4) is 0 Å². The molecule has 2 N–H and O–H groups in total. The molecule has 1 aliphatic heterocycles. The molecule has 1 aromatic carbocycles. The second-order valence-corrected chi connectivity index (χ2v) is 6.88. The van der Waals surface area contributed by atoms with E-state index < -0.39 is 0 Å². The number of hydrogen-bond acceptors (Lipinski definition) is 2. The van der Waals surface area contributed by atoms with Gasteiger partial charge in [-0.25, -0.2) is 0 Å². The van der Waals surface area contributed by atoms with E-state index in [1.807, 2.05) is 0 Å². The van der Waals surface area contributed by atoms with Crippen molar-refractivity contribution in [3.63, 3.8) is 0 Å². The maximum atomic E-state index is 5.71. The molecule has 2 nitrogen and oxygen atoms in total. The Morgan fingerprint density at radius 2 is 1.94 bits per heavy atom. The van der Waals surface area contributed by atoms with Crippen molar-refractivity contribution in [2.45, 2.75) is 33.1 Å². The first-order valence-electron chi connectivity index (χ1n) is 6.75. The summed E-state index contributed by atoms with van der Waals surface area (Å²) in [7, 11) is 0. The Hall–Kier alpha value is -0.540. The number of piperidine rings is 1. The number of benzene rings is 1. The van der Waals surface area contributed by atoms with E-state index in [1.54, 1.807) is 0 Å². The summed E-state index contributed by atoms with van der Waals surface area (Å²) >= 11 is 3.58. The fourth-order valence-electron chi connectivity index (χ4n) is 2.55. The molecule has 0 aliphatic carbocycles. The van der Waals surface area contributed by atoms with Crippen molar-refractivity contribution in [3.8, 4) is 0 Å². The SMILES string of the molecule is CC1(C)CCN(c2cc(Br)ccc2CCN)CC1. The predicted molar refractivity (Wildman–Crippen MR) is 82.1 cm³/mol. The van der Waals surface area contributed by atoms with Crippen LogP contribution >= 0.6 is 15.9 Å². The van der Waals surface area contributed by atoms with Crippen LogP contribution in [0.2, 0.25) is 0 Å². The van der Waals surface area contributed by atoms with Gasteiger partial charge < -0.3 is 10.6 Å². The minimum absolute atomic E-state index is 0.497. The van der Waals surface area contributed by atoms with Crippen molar-refractivity contribution in [2.24, 2.45) is 11.1 Å². The van der Waals surface area contributed by atoms with Gasteiger partial charge in [0.05, 0.1) is 0 Å². The number of nitrogens with two attached hydrogens (primary N) is 1. The summed E-state index contributed by atoms with van der Waals surface area (Å²) in [6.45, 7) is 7.76. The Labute approximate surface area is 119 Å². The molecule has 18 heavy (non-hydrogen) atoms. The first-order valence-corrected chi connectivity index (χ1v) is 7.54. The summed E-state index contributed by atoms with van der Waals surface area (Å²) in [5.41, 5.74) is 8.95. The number of nitrogens with zero attached hydrogens (tertiary/aromatic N) is 1. The van der Waals surface area contributed by atoms with Gasteiger partial charge in [0.25, 0.3) is 0 Å². The average Bonchev–Trinajstić information content (AvgIpc) is 2.32. The van der Waals surface area contributed by atoms with Crippen LogP contribution < -0.4 is 10.6 Å². The smallest absolute Gasteiger partial charge is 0.0410 e. The second kappa shape index (κ2) is 5.62. The molecular weight excluding hydrogens is 288 g/mol. The van der Waals surface area contributed by atoms with Gasteiger partial charge in [0, 0.05) is 23.2 Å². The van der Waals surface area contributed by atoms with Gasteiger partial charge in [-0.15, -0.1) is 0 Å². The van der Waals surface area contributed by atoms with E-state index in [9.17, 15) is 0 Å². The molecule has 0 spiro atoms. The molecule has 0 amide bonds. The molecule has 0 radical (unpaired) electrons. The number of anilines is 1. The molecule has 1 aliphatic rings. The molecule has 1 fully saturated rings. The molecule has 1 saturated heterocycles. The topological polar surface area (TPSA) is 29.3 Å². The molecule has 100 valence electrons. The lowest BCUT2D eigenvalue weighted by Gasteiger charge is -2.39. The highest BCUT2D eigenvalue weighted by Gasteiger charge is 2.26. The summed E-state index contributed by atoms with van der Waals surface area (Å²) in [5.74, 6) is 0. The Kier molecular flexibility index (Phi) is 4.33. The quantitative estimate of drug-likeness (QED) is 0.924. The molecular formula is C15H23BrN2. The van der Waals surface area contributed by atoms with Gasteiger partial charge in [0.15, 0.2) is 0 Å². The van der Waals surface area contributed by atoms with Gasteiger partial charge in [-0.05, 0) is 48.9 Å². The van der Waals surface area contributed by atoms with Gasteiger partial charge in [0.2, 0.25) is 0 Å². The number of hydrogen-bond donors (Lipinski definition) is 1. The van der Waals surface area contributed by atoms with E-state index in [4.69, 9.17) is 5.73 Å². The van der Waals surface area contributed by atoms with Crippen LogP contribution in [-0.2, 0) is 6.42 Å². The van der Waals surface area contributed by atoms with E-state index in [0.717, 1.165) is 24.0 Å². The van der Waals surface area contributed by atoms with E-state index in [0.29, 0.717) is 12.0 Å². The molecule has 1 aromatic rings. The van der Waals surface area contributed by atoms with E-state index >= 15 is 0 Å². The molecule has 0 unspecified atom stereocenters. The predicted octanol–water partition coefficient (Wildman–Crippen LogP) is 3.58. The molecule has 0 atom stereocenters. The largest absolute Gasteiger partial charge is 0.371 e. The van der Waals surface area contributed by atoms with E-state index in [2.05, 4.69) is 52.9 Å². The van der Waals surface area contributed by atoms with Crippen LogP contribution in [0.4, 0.5) is 5.69 Å². The minimum Gasteiger partial charge on any atom is -0.371 e. The van der Waals surface area contributed by atoms with Crippen molar-refractivity contribution in [3.05, 3.63) is 28.2 Å². The zero-order valence-electron chi connectivity index (χ0n) is 11.4. The van der Waals surface area contributed by atoms with Crippen molar-refractivity contribution in [2.75, 3.05) is 24.5 Å². The molecule has 0 bridgehead atoms. The normalized spacial score (nSPS) is 19.0. The lowest BCUT2D eigenvalue weighted by molar-refractivity contribution is 0.279. The monoisotopic (exact) mass is 310 g/mol. The third-order valence-electron chi connectivity index (χ3n) is 3.92. The van der Waals surface area contributed by atoms with Crippen molar-refractivity contribution in [1.82, 2.24) is 0 Å². The van der Waals surface area contributed by atoms with Crippen molar-refractivity contribution in [1.29, 1.82) is 0 Å². The Balaban J connectivity index is 2.19. The summed E-state index contributed by atoms with van der Waals surface area (Å²) in [4.78, 5) is 2.51. The number of halogens is 1. The highest BCUT2D eigenvalue weighted by atomic mass is 79.9. The zero-order valence-corrected chi connectivity index (χ0v) is 13.0. The third-order valence-corrected chi connectivity index (χ3v) is 4.41. The number of rotatable bonds is 3. The summed E-state index contributed by atoms with van der Waals surface area (Å²) in [6.07, 6.45) is 3.49. The maximum Gasteiger partial charge on any atom is 0.0410 e. The zero-order chi connectivity index (χ0) is 13.2. The van der Waals surface area contributed by atoms with Gasteiger partial charge in [-0.3, -0.25) is 0 Å². The fraction of sp³-hybridized carbons (Fsp3) is 0.600. The maximum absolute atomic E-state index is 5.71. The third kappa shape index (κ3) is 3.27. The Morgan fingerprint density at radius 1 is 1.28 bits per heavy atom. The Morgan fingerprint density at radius 3 is 2.56 bits per heavy atom. The van der Waals surface area contributed by atoms with Crippen LogP contribution in [0.25, 0.3) is 0 Å². The lowest BCUT2D eigenvalue weighted by Crippen LogP contribution is -2.37. The highest BCUT2D eigenvalue weighted by molar-refractivity contribution is 9.10. The summed E-state index contributed by atoms with van der Waals surface area (Å²) < 4.78 is 1.16. The fourth-order valence-corrected chi connectivity index (χ4v) is 2.90. The molecule has 0 aromatic heterocycles. The molecule has 0 saturated carbocycles. The van der Waals surface area contributed by atoms with Gasteiger partial charge in [-0.2, -0.15) is 0 Å². The van der Waals surface area contributed by atoms with E-state index in [1.165, 1.54) is 24.1 Å². The minimum atomic E-state index is 0.497. The highest BCUT2D eigenvalue weighted by Crippen LogP contribution is 2.34. The summed E-state index contributed by atoms with van der Waals surface area (Å²) in [6, 6.07) is 6.55. The average molecular weight is 311 g/mol. The van der Waals surface area contributed by atoms with Crippen molar-refractivity contribution >= 4 is 21.6 Å². The van der Waals surface area contributed by atoms with Gasteiger partial charge >= 0.3 is 0 Å². The van der Waals surface area contributed by atoms with Gasteiger partial charge in [0.1, 0.15) is 0 Å². The Bertz CT molecular complexity index is 405. The molecule has 1 heterocycles. The lowest BCUT2D eigenvalue weighted by atomic mass is 9.82. The standard InChI is InChI=1S/C15H23BrN2/c1-15(2)6-9-18(10-7-15)14-11-13(16)4-3-12(14)5-8-17/h3-4,11H,5-10,17H2,1-2H3. The van der Waals surface area contributed by atoms with E-state index in [-0.39, 0.29) is 0 Å². The van der Waals surface area contributed by atoms with Crippen LogP contribution in [0.5, 0.6) is 0 Å². The summed E-state index contributed by atoms with van der Waals surface area (Å²) in [5, 5.41) is 0. The molecule has 2 rings (SSSR count). The first kappa shape index (κ1) is 13.9.